The van der Waals surface area contributed by atoms with Gasteiger partial charge < -0.3 is 14.6 Å². The molecule has 1 saturated carbocycles. The average Bonchev–Trinajstić information content (AvgIpc) is 3.09. The number of nitrogens with zero attached hydrogens (tertiary/aromatic N) is 1. The van der Waals surface area contributed by atoms with Crippen molar-refractivity contribution in [2.75, 3.05) is 13.2 Å². The first kappa shape index (κ1) is 13.5. The van der Waals surface area contributed by atoms with Gasteiger partial charge in [0, 0.05) is 36.2 Å². The van der Waals surface area contributed by atoms with Crippen molar-refractivity contribution in [2.24, 2.45) is 0 Å². The number of ether oxygens (including phenoxy) is 1. The van der Waals surface area contributed by atoms with E-state index in [4.69, 9.17) is 4.74 Å². The average molecular weight is 272 g/mol. The fourth-order valence-corrected chi connectivity index (χ4v) is 3.15. The molecular formula is C17H24N2O. The van der Waals surface area contributed by atoms with Gasteiger partial charge in [-0.25, -0.2) is 0 Å². The summed E-state index contributed by atoms with van der Waals surface area (Å²) in [6.07, 6.45) is 7.67. The van der Waals surface area contributed by atoms with E-state index >= 15 is 0 Å². The van der Waals surface area contributed by atoms with E-state index in [0.29, 0.717) is 0 Å². The number of rotatable bonds is 6. The van der Waals surface area contributed by atoms with Gasteiger partial charge >= 0.3 is 0 Å². The molecule has 0 saturated heterocycles. The Morgan fingerprint density at radius 3 is 2.90 bits per heavy atom. The third-order valence-corrected chi connectivity index (χ3v) is 4.19. The lowest BCUT2D eigenvalue weighted by Crippen LogP contribution is -2.29. The van der Waals surface area contributed by atoms with Crippen LogP contribution in [0.3, 0.4) is 0 Å². The molecule has 1 aliphatic carbocycles. The molecule has 0 amide bonds. The van der Waals surface area contributed by atoms with Gasteiger partial charge in [-0.05, 0) is 44.0 Å². The fourth-order valence-electron chi connectivity index (χ4n) is 3.15. The molecule has 0 spiro atoms. The minimum absolute atomic E-state index is 0.720. The fraction of sp³-hybridized carbons (Fsp3) is 0.529. The molecule has 1 aromatic heterocycles. The maximum Gasteiger partial charge on any atom is 0.120 e. The number of benzene rings is 1. The molecule has 0 unspecified atom stereocenters. The SMILES string of the molecule is CCOc1ccc2c(ccn2CCNC2CCCC2)c1. The minimum atomic E-state index is 0.720. The summed E-state index contributed by atoms with van der Waals surface area (Å²) in [7, 11) is 0. The Hall–Kier alpha value is -1.48. The van der Waals surface area contributed by atoms with E-state index in [1.807, 2.05) is 6.92 Å². The molecule has 0 radical (unpaired) electrons. The molecule has 1 aromatic carbocycles. The third kappa shape index (κ3) is 2.98. The van der Waals surface area contributed by atoms with E-state index < -0.39 is 0 Å². The van der Waals surface area contributed by atoms with Crippen molar-refractivity contribution in [3.05, 3.63) is 30.5 Å². The molecular weight excluding hydrogens is 248 g/mol. The van der Waals surface area contributed by atoms with Crippen LogP contribution >= 0.6 is 0 Å². The second-order valence-electron chi connectivity index (χ2n) is 5.60. The predicted molar refractivity (Wildman–Crippen MR) is 83.4 cm³/mol. The van der Waals surface area contributed by atoms with Gasteiger partial charge in [0.2, 0.25) is 0 Å². The molecule has 0 bridgehead atoms. The maximum atomic E-state index is 5.55. The van der Waals surface area contributed by atoms with Crippen LogP contribution in [0, 0.1) is 0 Å². The van der Waals surface area contributed by atoms with Crippen molar-refractivity contribution in [1.82, 2.24) is 9.88 Å². The molecule has 0 atom stereocenters. The lowest BCUT2D eigenvalue weighted by atomic mass is 10.2. The smallest absolute Gasteiger partial charge is 0.120 e. The van der Waals surface area contributed by atoms with Gasteiger partial charge in [-0.1, -0.05) is 12.8 Å². The molecule has 1 N–H and O–H groups in total. The van der Waals surface area contributed by atoms with Gasteiger partial charge in [0.25, 0.3) is 0 Å². The van der Waals surface area contributed by atoms with E-state index in [1.54, 1.807) is 0 Å². The Morgan fingerprint density at radius 1 is 1.25 bits per heavy atom. The second-order valence-corrected chi connectivity index (χ2v) is 5.60. The largest absolute Gasteiger partial charge is 0.494 e. The molecule has 1 aliphatic rings. The Kier molecular flexibility index (Phi) is 4.26. The van der Waals surface area contributed by atoms with E-state index in [-0.39, 0.29) is 0 Å². The Bertz CT molecular complexity index is 555. The highest BCUT2D eigenvalue weighted by molar-refractivity contribution is 5.81. The number of aromatic nitrogens is 1. The van der Waals surface area contributed by atoms with Crippen LogP contribution in [0.15, 0.2) is 30.5 Å². The van der Waals surface area contributed by atoms with Gasteiger partial charge in [-0.3, -0.25) is 0 Å². The summed E-state index contributed by atoms with van der Waals surface area (Å²) in [5, 5.41) is 4.93. The molecule has 0 aliphatic heterocycles. The zero-order valence-electron chi connectivity index (χ0n) is 12.3. The van der Waals surface area contributed by atoms with Crippen LogP contribution in [0.25, 0.3) is 10.9 Å². The first-order valence-corrected chi connectivity index (χ1v) is 7.82. The Balaban J connectivity index is 1.62. The molecule has 3 nitrogen and oxygen atoms in total. The van der Waals surface area contributed by atoms with Gasteiger partial charge in [-0.15, -0.1) is 0 Å². The standard InChI is InChI=1S/C17H24N2O/c1-2-20-16-7-8-17-14(13-16)9-11-19(17)12-10-18-15-5-3-4-6-15/h7-9,11,13,15,18H,2-6,10,12H2,1H3. The highest BCUT2D eigenvalue weighted by Crippen LogP contribution is 2.22. The van der Waals surface area contributed by atoms with E-state index in [0.717, 1.165) is 31.5 Å². The van der Waals surface area contributed by atoms with E-state index in [1.165, 1.54) is 36.6 Å². The first-order valence-electron chi connectivity index (χ1n) is 7.82. The second kappa shape index (κ2) is 6.31. The summed E-state index contributed by atoms with van der Waals surface area (Å²) in [6, 6.07) is 9.27. The summed E-state index contributed by atoms with van der Waals surface area (Å²) in [5.41, 5.74) is 1.29. The highest BCUT2D eigenvalue weighted by Gasteiger charge is 2.13. The summed E-state index contributed by atoms with van der Waals surface area (Å²) in [6.45, 7) is 4.83. The lowest BCUT2D eigenvalue weighted by Gasteiger charge is -2.12. The van der Waals surface area contributed by atoms with Crippen molar-refractivity contribution in [1.29, 1.82) is 0 Å². The molecule has 1 heterocycles. The van der Waals surface area contributed by atoms with Crippen molar-refractivity contribution >= 4 is 10.9 Å². The van der Waals surface area contributed by atoms with Crippen LogP contribution in [0.5, 0.6) is 5.75 Å². The summed E-state index contributed by atoms with van der Waals surface area (Å²) < 4.78 is 7.88. The Labute approximate surface area is 120 Å². The zero-order valence-corrected chi connectivity index (χ0v) is 12.3. The van der Waals surface area contributed by atoms with Crippen LogP contribution in [0.2, 0.25) is 0 Å². The van der Waals surface area contributed by atoms with Crippen molar-refractivity contribution in [3.63, 3.8) is 0 Å². The quantitative estimate of drug-likeness (QED) is 0.870. The first-order chi connectivity index (χ1) is 9.86. The van der Waals surface area contributed by atoms with Crippen LogP contribution < -0.4 is 10.1 Å². The van der Waals surface area contributed by atoms with E-state index in [2.05, 4.69) is 40.3 Å². The Morgan fingerprint density at radius 2 is 2.10 bits per heavy atom. The highest BCUT2D eigenvalue weighted by atomic mass is 16.5. The zero-order chi connectivity index (χ0) is 13.8. The monoisotopic (exact) mass is 272 g/mol. The van der Waals surface area contributed by atoms with Gasteiger partial charge in [-0.2, -0.15) is 0 Å². The van der Waals surface area contributed by atoms with Crippen LogP contribution in [-0.2, 0) is 6.54 Å². The predicted octanol–water partition coefficient (Wildman–Crippen LogP) is 3.57. The van der Waals surface area contributed by atoms with Crippen molar-refractivity contribution in [2.45, 2.75) is 45.2 Å². The molecule has 20 heavy (non-hydrogen) atoms. The van der Waals surface area contributed by atoms with Crippen LogP contribution in [0.4, 0.5) is 0 Å². The normalized spacial score (nSPS) is 16.1. The van der Waals surface area contributed by atoms with Gasteiger partial charge in [0.1, 0.15) is 5.75 Å². The number of fused-ring (bicyclic) bond motifs is 1. The number of hydrogen-bond donors (Lipinski definition) is 1. The molecule has 2 aromatic rings. The molecule has 3 heteroatoms. The molecule has 3 rings (SSSR count). The van der Waals surface area contributed by atoms with E-state index in [9.17, 15) is 0 Å². The summed E-state index contributed by atoms with van der Waals surface area (Å²) in [4.78, 5) is 0. The lowest BCUT2D eigenvalue weighted by molar-refractivity contribution is 0.340. The third-order valence-electron chi connectivity index (χ3n) is 4.19. The van der Waals surface area contributed by atoms with Crippen molar-refractivity contribution in [3.8, 4) is 5.75 Å². The van der Waals surface area contributed by atoms with Gasteiger partial charge in [0.15, 0.2) is 0 Å². The van der Waals surface area contributed by atoms with Crippen LogP contribution in [-0.4, -0.2) is 23.8 Å². The molecule has 1 fully saturated rings. The maximum absolute atomic E-state index is 5.55. The number of nitrogens with one attached hydrogen (secondary N) is 1. The number of hydrogen-bond acceptors (Lipinski definition) is 2. The van der Waals surface area contributed by atoms with Crippen molar-refractivity contribution < 1.29 is 4.74 Å². The molecule has 108 valence electrons. The van der Waals surface area contributed by atoms with Gasteiger partial charge in [0.05, 0.1) is 6.61 Å². The summed E-state index contributed by atoms with van der Waals surface area (Å²) in [5.74, 6) is 0.960. The summed E-state index contributed by atoms with van der Waals surface area (Å²) >= 11 is 0. The van der Waals surface area contributed by atoms with Crippen LogP contribution in [0.1, 0.15) is 32.6 Å². The minimum Gasteiger partial charge on any atom is -0.494 e. The topological polar surface area (TPSA) is 26.2 Å².